The van der Waals surface area contributed by atoms with Crippen LogP contribution in [0.15, 0.2) is 42.5 Å². The van der Waals surface area contributed by atoms with Crippen LogP contribution in [0.1, 0.15) is 28.4 Å². The van der Waals surface area contributed by atoms with Gasteiger partial charge in [-0.15, -0.1) is 0 Å². The second-order valence-electron chi connectivity index (χ2n) is 5.64. The molecule has 3 amide bonds. The van der Waals surface area contributed by atoms with E-state index in [9.17, 15) is 14.0 Å². The number of rotatable bonds is 5. The van der Waals surface area contributed by atoms with Gasteiger partial charge in [0.05, 0.1) is 5.56 Å². The summed E-state index contributed by atoms with van der Waals surface area (Å²) in [7, 11) is 1.42. The summed E-state index contributed by atoms with van der Waals surface area (Å²) in [6, 6.07) is 11.5. The fourth-order valence-electron chi connectivity index (χ4n) is 2.43. The maximum atomic E-state index is 13.7. The third-order valence-corrected chi connectivity index (χ3v) is 3.98. The van der Waals surface area contributed by atoms with Gasteiger partial charge in [0.1, 0.15) is 5.82 Å². The van der Waals surface area contributed by atoms with E-state index in [1.807, 2.05) is 38.1 Å². The molecule has 0 bridgehead atoms. The number of amides is 3. The highest BCUT2D eigenvalue weighted by molar-refractivity contribution is 5.97. The van der Waals surface area contributed by atoms with Crippen molar-refractivity contribution in [1.29, 1.82) is 0 Å². The number of hydrogen-bond acceptors (Lipinski definition) is 2. The summed E-state index contributed by atoms with van der Waals surface area (Å²) < 4.78 is 13.7. The number of carbonyl (C=O) groups excluding carboxylic acids is 2. The van der Waals surface area contributed by atoms with Crippen molar-refractivity contribution in [2.75, 3.05) is 18.9 Å². The minimum absolute atomic E-state index is 0.109. The molecule has 0 spiro atoms. The number of hydrogen-bond donors (Lipinski definition) is 2. The Morgan fingerprint density at radius 2 is 1.88 bits per heavy atom. The Kier molecular flexibility index (Phi) is 6.11. The van der Waals surface area contributed by atoms with Crippen LogP contribution < -0.4 is 10.6 Å². The number of anilines is 1. The van der Waals surface area contributed by atoms with Crippen LogP contribution in [0.2, 0.25) is 0 Å². The van der Waals surface area contributed by atoms with Gasteiger partial charge >= 0.3 is 6.03 Å². The van der Waals surface area contributed by atoms with Gasteiger partial charge in [0.15, 0.2) is 0 Å². The minimum atomic E-state index is -0.635. The lowest BCUT2D eigenvalue weighted by molar-refractivity contribution is 0.0959. The molecule has 0 atom stereocenters. The van der Waals surface area contributed by atoms with Gasteiger partial charge < -0.3 is 15.5 Å². The second-order valence-corrected chi connectivity index (χ2v) is 5.64. The molecule has 5 nitrogen and oxygen atoms in total. The molecule has 25 heavy (non-hydrogen) atoms. The predicted octanol–water partition coefficient (Wildman–Crippen LogP) is 3.55. The molecule has 2 N–H and O–H groups in total. The number of urea groups is 1. The van der Waals surface area contributed by atoms with Crippen LogP contribution >= 0.6 is 0 Å². The van der Waals surface area contributed by atoms with Crippen LogP contribution in [0.3, 0.4) is 0 Å². The van der Waals surface area contributed by atoms with Crippen LogP contribution in [-0.4, -0.2) is 30.4 Å². The highest BCUT2D eigenvalue weighted by Crippen LogP contribution is 2.16. The van der Waals surface area contributed by atoms with Crippen molar-refractivity contribution in [3.05, 3.63) is 65.0 Å². The van der Waals surface area contributed by atoms with E-state index in [1.54, 1.807) is 4.90 Å². The third kappa shape index (κ3) is 4.56. The Balaban J connectivity index is 2.14. The van der Waals surface area contributed by atoms with Crippen molar-refractivity contribution < 1.29 is 14.0 Å². The number of aryl methyl sites for hydroxylation is 1. The molecule has 0 fully saturated rings. The topological polar surface area (TPSA) is 61.4 Å². The second kappa shape index (κ2) is 8.28. The monoisotopic (exact) mass is 343 g/mol. The van der Waals surface area contributed by atoms with Gasteiger partial charge in [0.2, 0.25) is 0 Å². The zero-order valence-corrected chi connectivity index (χ0v) is 14.6. The Morgan fingerprint density at radius 1 is 1.16 bits per heavy atom. The zero-order chi connectivity index (χ0) is 18.4. The first-order valence-electron chi connectivity index (χ1n) is 8.08. The van der Waals surface area contributed by atoms with Crippen molar-refractivity contribution in [3.8, 4) is 0 Å². The van der Waals surface area contributed by atoms with Crippen LogP contribution in [0.4, 0.5) is 14.9 Å². The molecule has 0 radical (unpaired) electrons. The first kappa shape index (κ1) is 18.4. The van der Waals surface area contributed by atoms with E-state index in [4.69, 9.17) is 0 Å². The number of halogens is 1. The molecular formula is C19H22FN3O2. The summed E-state index contributed by atoms with van der Waals surface area (Å²) in [5.41, 5.74) is 2.43. The molecule has 0 saturated carbocycles. The molecule has 132 valence electrons. The van der Waals surface area contributed by atoms with Gasteiger partial charge in [-0.3, -0.25) is 4.79 Å². The smallest absolute Gasteiger partial charge is 0.322 e. The van der Waals surface area contributed by atoms with E-state index >= 15 is 0 Å². The standard InChI is InChI=1S/C19H22FN3O2/c1-4-23(12-14-8-6-5-7-13(14)2)19(25)22-15-9-10-17(20)16(11-15)18(24)21-3/h5-11H,4,12H2,1-3H3,(H,21,24)(H,22,25). The normalized spacial score (nSPS) is 10.2. The largest absolute Gasteiger partial charge is 0.355 e. The quantitative estimate of drug-likeness (QED) is 0.872. The summed E-state index contributed by atoms with van der Waals surface area (Å²) in [6.07, 6.45) is 0. The van der Waals surface area contributed by atoms with E-state index in [1.165, 1.54) is 19.2 Å². The zero-order valence-electron chi connectivity index (χ0n) is 14.6. The first-order valence-corrected chi connectivity index (χ1v) is 8.08. The van der Waals surface area contributed by atoms with E-state index in [2.05, 4.69) is 10.6 Å². The Bertz CT molecular complexity index is 777. The van der Waals surface area contributed by atoms with Gasteiger partial charge in [-0.2, -0.15) is 0 Å². The van der Waals surface area contributed by atoms with Gasteiger partial charge in [0, 0.05) is 25.8 Å². The molecule has 0 unspecified atom stereocenters. The highest BCUT2D eigenvalue weighted by Gasteiger charge is 2.16. The van der Waals surface area contributed by atoms with Gasteiger partial charge in [0.25, 0.3) is 5.91 Å². The van der Waals surface area contributed by atoms with Crippen LogP contribution in [0.25, 0.3) is 0 Å². The number of nitrogens with zero attached hydrogens (tertiary/aromatic N) is 1. The van der Waals surface area contributed by atoms with Crippen molar-refractivity contribution in [3.63, 3.8) is 0 Å². The molecule has 2 aromatic carbocycles. The van der Waals surface area contributed by atoms with Crippen LogP contribution in [0.5, 0.6) is 0 Å². The lowest BCUT2D eigenvalue weighted by Gasteiger charge is -2.22. The van der Waals surface area contributed by atoms with Crippen molar-refractivity contribution >= 4 is 17.6 Å². The summed E-state index contributed by atoms with van der Waals surface area (Å²) in [4.78, 5) is 25.8. The minimum Gasteiger partial charge on any atom is -0.355 e. The summed E-state index contributed by atoms with van der Waals surface area (Å²) >= 11 is 0. The van der Waals surface area contributed by atoms with Gasteiger partial charge in [-0.1, -0.05) is 24.3 Å². The molecule has 0 aliphatic rings. The predicted molar refractivity (Wildman–Crippen MR) is 96.1 cm³/mol. The summed E-state index contributed by atoms with van der Waals surface area (Å²) in [6.45, 7) is 4.87. The molecule has 0 aliphatic carbocycles. The lowest BCUT2D eigenvalue weighted by atomic mass is 10.1. The van der Waals surface area contributed by atoms with Gasteiger partial charge in [-0.05, 0) is 43.2 Å². The van der Waals surface area contributed by atoms with E-state index in [0.717, 1.165) is 17.2 Å². The lowest BCUT2D eigenvalue weighted by Crippen LogP contribution is -2.34. The Labute approximate surface area is 146 Å². The van der Waals surface area contributed by atoms with Crippen LogP contribution in [0, 0.1) is 12.7 Å². The molecule has 6 heteroatoms. The molecule has 2 aromatic rings. The highest BCUT2D eigenvalue weighted by atomic mass is 19.1. The van der Waals surface area contributed by atoms with E-state index in [0.29, 0.717) is 18.8 Å². The number of benzene rings is 2. The van der Waals surface area contributed by atoms with Gasteiger partial charge in [-0.25, -0.2) is 9.18 Å². The van der Waals surface area contributed by atoms with Crippen molar-refractivity contribution in [2.45, 2.75) is 20.4 Å². The number of nitrogens with one attached hydrogen (secondary N) is 2. The SMILES string of the molecule is CCN(Cc1ccccc1C)C(=O)Nc1ccc(F)c(C(=O)NC)c1. The summed E-state index contributed by atoms with van der Waals surface area (Å²) in [5.74, 6) is -1.18. The average Bonchev–Trinajstić information content (AvgIpc) is 2.61. The fourth-order valence-corrected chi connectivity index (χ4v) is 2.43. The fraction of sp³-hybridized carbons (Fsp3) is 0.263. The molecule has 0 saturated heterocycles. The molecule has 0 aromatic heterocycles. The van der Waals surface area contributed by atoms with Crippen LogP contribution in [-0.2, 0) is 6.54 Å². The molecule has 0 aliphatic heterocycles. The Morgan fingerprint density at radius 3 is 2.52 bits per heavy atom. The van der Waals surface area contributed by atoms with Crippen molar-refractivity contribution in [2.24, 2.45) is 0 Å². The first-order chi connectivity index (χ1) is 12.0. The summed E-state index contributed by atoms with van der Waals surface area (Å²) in [5, 5.41) is 5.09. The Hall–Kier alpha value is -2.89. The number of carbonyl (C=O) groups is 2. The maximum Gasteiger partial charge on any atom is 0.322 e. The van der Waals surface area contributed by atoms with E-state index < -0.39 is 11.7 Å². The molecule has 2 rings (SSSR count). The van der Waals surface area contributed by atoms with E-state index in [-0.39, 0.29) is 11.6 Å². The maximum absolute atomic E-state index is 13.7. The third-order valence-electron chi connectivity index (χ3n) is 3.98. The molecular weight excluding hydrogens is 321 g/mol. The average molecular weight is 343 g/mol. The van der Waals surface area contributed by atoms with Crippen molar-refractivity contribution in [1.82, 2.24) is 10.2 Å². The molecule has 0 heterocycles.